The van der Waals surface area contributed by atoms with Gasteiger partial charge in [0.1, 0.15) is 0 Å². The molecule has 1 heterocycles. The second kappa shape index (κ2) is 10.9. The van der Waals surface area contributed by atoms with Crippen molar-refractivity contribution in [3.05, 3.63) is 84.4 Å². The Bertz CT molecular complexity index is 1210. The first-order valence-electron chi connectivity index (χ1n) is 11.9. The van der Waals surface area contributed by atoms with Gasteiger partial charge < -0.3 is 5.32 Å². The molecule has 1 amide bonds. The Balaban J connectivity index is 1.67. The Hall–Kier alpha value is -3.53. The molecule has 4 aromatic rings. The van der Waals surface area contributed by atoms with Gasteiger partial charge in [0.25, 0.3) is 5.91 Å². The molecule has 0 radical (unpaired) electrons. The average molecular weight is 438 g/mol. The molecule has 4 heteroatoms. The summed E-state index contributed by atoms with van der Waals surface area (Å²) in [5.41, 5.74) is 5.80. The molecule has 0 fully saturated rings. The maximum atomic E-state index is 12.9. The lowest BCUT2D eigenvalue weighted by atomic mass is 9.99. The number of rotatable bonds is 9. The lowest BCUT2D eigenvalue weighted by Crippen LogP contribution is -2.29. The van der Waals surface area contributed by atoms with Gasteiger partial charge >= 0.3 is 0 Å². The smallest absolute Gasteiger partial charge is 0.251 e. The maximum Gasteiger partial charge on any atom is 0.251 e. The number of aromatic nitrogens is 2. The number of unbranched alkanes of at least 4 members (excludes halogenated alkanes) is 1. The van der Waals surface area contributed by atoms with E-state index < -0.39 is 0 Å². The highest BCUT2D eigenvalue weighted by atomic mass is 16.1. The van der Waals surface area contributed by atoms with Crippen molar-refractivity contribution in [1.82, 2.24) is 15.3 Å². The summed E-state index contributed by atoms with van der Waals surface area (Å²) >= 11 is 0. The van der Waals surface area contributed by atoms with Crippen LogP contribution in [0.15, 0.2) is 78.9 Å². The standard InChI is InChI=1S/C29H31N3O/c1-3-5-12-21(4-2)20-30-29(33)24-17-18-25-26(19-24)32-28(23-15-10-7-11-16-23)27(31-25)22-13-8-6-9-14-22/h6-11,13-19,21H,3-5,12,20H2,1-2H3,(H,30,33). The molecule has 0 bridgehead atoms. The lowest BCUT2D eigenvalue weighted by molar-refractivity contribution is 0.0946. The SMILES string of the molecule is CCCCC(CC)CNC(=O)c1ccc2nc(-c3ccccc3)c(-c3ccccc3)nc2c1. The van der Waals surface area contributed by atoms with Crippen molar-refractivity contribution in [3.63, 3.8) is 0 Å². The Morgan fingerprint density at radius 2 is 1.42 bits per heavy atom. The van der Waals surface area contributed by atoms with Gasteiger partial charge in [-0.15, -0.1) is 0 Å². The number of carbonyl (C=O) groups excluding carboxylic acids is 1. The van der Waals surface area contributed by atoms with Crippen LogP contribution in [-0.2, 0) is 0 Å². The van der Waals surface area contributed by atoms with Crippen LogP contribution >= 0.6 is 0 Å². The van der Waals surface area contributed by atoms with Crippen LogP contribution in [0.5, 0.6) is 0 Å². The fourth-order valence-corrected chi connectivity index (χ4v) is 4.07. The fraction of sp³-hybridized carbons (Fsp3) is 0.276. The van der Waals surface area contributed by atoms with Crippen molar-refractivity contribution in [2.24, 2.45) is 5.92 Å². The van der Waals surface area contributed by atoms with Crippen molar-refractivity contribution in [1.29, 1.82) is 0 Å². The molecule has 1 aromatic heterocycles. The Morgan fingerprint density at radius 1 is 0.818 bits per heavy atom. The number of nitrogens with one attached hydrogen (secondary N) is 1. The molecule has 168 valence electrons. The summed E-state index contributed by atoms with van der Waals surface area (Å²) in [5.74, 6) is 0.467. The molecule has 0 saturated carbocycles. The molecule has 0 saturated heterocycles. The van der Waals surface area contributed by atoms with Crippen molar-refractivity contribution in [2.75, 3.05) is 6.54 Å². The van der Waals surface area contributed by atoms with E-state index in [9.17, 15) is 4.79 Å². The number of amides is 1. The van der Waals surface area contributed by atoms with Gasteiger partial charge in [0.05, 0.1) is 22.4 Å². The molecule has 4 nitrogen and oxygen atoms in total. The van der Waals surface area contributed by atoms with E-state index in [1.54, 1.807) is 0 Å². The predicted molar refractivity (Wildman–Crippen MR) is 136 cm³/mol. The molecule has 0 aliphatic heterocycles. The maximum absolute atomic E-state index is 12.9. The molecular weight excluding hydrogens is 406 g/mol. The van der Waals surface area contributed by atoms with Crippen LogP contribution in [0.1, 0.15) is 49.9 Å². The van der Waals surface area contributed by atoms with Gasteiger partial charge in [-0.05, 0) is 30.5 Å². The minimum Gasteiger partial charge on any atom is -0.352 e. The van der Waals surface area contributed by atoms with E-state index in [1.165, 1.54) is 12.8 Å². The van der Waals surface area contributed by atoms with Crippen molar-refractivity contribution in [2.45, 2.75) is 39.5 Å². The Morgan fingerprint density at radius 3 is 2.00 bits per heavy atom. The highest BCUT2D eigenvalue weighted by molar-refractivity contribution is 5.98. The molecule has 4 rings (SSSR count). The second-order valence-corrected chi connectivity index (χ2v) is 8.48. The minimum atomic E-state index is -0.0537. The number of carbonyl (C=O) groups is 1. The fourth-order valence-electron chi connectivity index (χ4n) is 4.07. The molecule has 1 unspecified atom stereocenters. The third kappa shape index (κ3) is 5.46. The van der Waals surface area contributed by atoms with E-state index in [2.05, 4.69) is 19.2 Å². The van der Waals surface area contributed by atoms with Gasteiger partial charge in [-0.3, -0.25) is 4.79 Å². The largest absolute Gasteiger partial charge is 0.352 e. The number of benzene rings is 3. The zero-order chi connectivity index (χ0) is 23.0. The normalized spacial score (nSPS) is 11.9. The molecular formula is C29H31N3O. The van der Waals surface area contributed by atoms with Gasteiger partial charge in [0.2, 0.25) is 0 Å². The zero-order valence-electron chi connectivity index (χ0n) is 19.4. The summed E-state index contributed by atoms with van der Waals surface area (Å²) in [5, 5.41) is 3.12. The predicted octanol–water partition coefficient (Wildman–Crippen LogP) is 6.91. The monoisotopic (exact) mass is 437 g/mol. The lowest BCUT2D eigenvalue weighted by Gasteiger charge is -2.15. The topological polar surface area (TPSA) is 54.9 Å². The van der Waals surface area contributed by atoms with Crippen LogP contribution < -0.4 is 5.32 Å². The first-order valence-corrected chi connectivity index (χ1v) is 11.9. The molecule has 0 aliphatic rings. The molecule has 0 aliphatic carbocycles. The quantitative estimate of drug-likeness (QED) is 0.309. The summed E-state index contributed by atoms with van der Waals surface area (Å²) in [6.07, 6.45) is 4.61. The summed E-state index contributed by atoms with van der Waals surface area (Å²) in [4.78, 5) is 22.8. The van der Waals surface area contributed by atoms with E-state index in [-0.39, 0.29) is 5.91 Å². The van der Waals surface area contributed by atoms with Gasteiger partial charge in [-0.25, -0.2) is 9.97 Å². The van der Waals surface area contributed by atoms with Gasteiger partial charge in [-0.1, -0.05) is 93.8 Å². The zero-order valence-corrected chi connectivity index (χ0v) is 19.4. The van der Waals surface area contributed by atoms with Crippen LogP contribution in [0.2, 0.25) is 0 Å². The van der Waals surface area contributed by atoms with Crippen LogP contribution in [-0.4, -0.2) is 22.4 Å². The van der Waals surface area contributed by atoms with Gasteiger partial charge in [0.15, 0.2) is 0 Å². The average Bonchev–Trinajstić information content (AvgIpc) is 2.88. The summed E-state index contributed by atoms with van der Waals surface area (Å²) in [7, 11) is 0. The first-order chi connectivity index (χ1) is 16.2. The summed E-state index contributed by atoms with van der Waals surface area (Å²) < 4.78 is 0. The number of hydrogen-bond donors (Lipinski definition) is 1. The van der Waals surface area contributed by atoms with Crippen molar-refractivity contribution < 1.29 is 4.79 Å². The summed E-state index contributed by atoms with van der Waals surface area (Å²) in [6.45, 7) is 5.10. The van der Waals surface area contributed by atoms with Crippen LogP contribution in [0, 0.1) is 5.92 Å². The highest BCUT2D eigenvalue weighted by Gasteiger charge is 2.15. The van der Waals surface area contributed by atoms with E-state index in [1.807, 2.05) is 78.9 Å². The molecule has 1 N–H and O–H groups in total. The Kier molecular flexibility index (Phi) is 7.46. The number of nitrogens with zero attached hydrogens (tertiary/aromatic N) is 2. The van der Waals surface area contributed by atoms with Gasteiger partial charge in [0, 0.05) is 23.2 Å². The molecule has 33 heavy (non-hydrogen) atoms. The minimum absolute atomic E-state index is 0.0537. The molecule has 0 spiro atoms. The third-order valence-electron chi connectivity index (χ3n) is 6.12. The van der Waals surface area contributed by atoms with Crippen molar-refractivity contribution >= 4 is 16.9 Å². The second-order valence-electron chi connectivity index (χ2n) is 8.48. The van der Waals surface area contributed by atoms with Crippen LogP contribution in [0.25, 0.3) is 33.5 Å². The molecule has 3 aromatic carbocycles. The number of hydrogen-bond acceptors (Lipinski definition) is 3. The highest BCUT2D eigenvalue weighted by Crippen LogP contribution is 2.31. The van der Waals surface area contributed by atoms with E-state index in [4.69, 9.17) is 9.97 Å². The molecule has 1 atom stereocenters. The number of fused-ring (bicyclic) bond motifs is 1. The third-order valence-corrected chi connectivity index (χ3v) is 6.12. The van der Waals surface area contributed by atoms with Crippen LogP contribution in [0.4, 0.5) is 0 Å². The Labute approximate surface area is 196 Å². The van der Waals surface area contributed by atoms with E-state index in [0.29, 0.717) is 18.0 Å². The van der Waals surface area contributed by atoms with E-state index in [0.717, 1.165) is 46.4 Å². The van der Waals surface area contributed by atoms with Crippen LogP contribution in [0.3, 0.4) is 0 Å². The first kappa shape index (κ1) is 22.7. The van der Waals surface area contributed by atoms with Crippen molar-refractivity contribution in [3.8, 4) is 22.5 Å². The van der Waals surface area contributed by atoms with E-state index >= 15 is 0 Å². The van der Waals surface area contributed by atoms with Gasteiger partial charge in [-0.2, -0.15) is 0 Å². The summed E-state index contributed by atoms with van der Waals surface area (Å²) in [6, 6.07) is 25.8.